The molecule has 0 aromatic heterocycles. The lowest BCUT2D eigenvalue weighted by atomic mass is 9.96. The smallest absolute Gasteiger partial charge is 0.275 e. The number of benzene rings is 1. The van der Waals surface area contributed by atoms with Crippen molar-refractivity contribution in [2.75, 3.05) is 0 Å². The van der Waals surface area contributed by atoms with Crippen LogP contribution in [0.4, 0.5) is 5.69 Å². The first-order valence-electron chi connectivity index (χ1n) is 4.62. The number of nitro groups is 1. The monoisotopic (exact) mass is 207 g/mol. The third-order valence-electron chi connectivity index (χ3n) is 2.32. The molecule has 0 saturated carbocycles. The molecule has 0 saturated heterocycles. The van der Waals surface area contributed by atoms with Gasteiger partial charge in [-0.05, 0) is 6.07 Å². The molecule has 0 fully saturated rings. The van der Waals surface area contributed by atoms with Gasteiger partial charge in [0.05, 0.1) is 16.6 Å². The Labute approximate surface area is 88.0 Å². The standard InChI is InChI=1S/C11H13NO3/c1-3-8(2)11(13)9-6-4-5-7-10(9)12(14)15/h3-8,11,13H,1H2,2H3/t8-,11+/m0/s1. The van der Waals surface area contributed by atoms with E-state index < -0.39 is 11.0 Å². The lowest BCUT2D eigenvalue weighted by Gasteiger charge is -2.15. The van der Waals surface area contributed by atoms with E-state index in [1.54, 1.807) is 31.2 Å². The topological polar surface area (TPSA) is 63.4 Å². The summed E-state index contributed by atoms with van der Waals surface area (Å²) in [6.07, 6.45) is 0.686. The van der Waals surface area contributed by atoms with Gasteiger partial charge in [0, 0.05) is 12.0 Å². The summed E-state index contributed by atoms with van der Waals surface area (Å²) in [5, 5.41) is 20.5. The van der Waals surface area contributed by atoms with Gasteiger partial charge in [-0.25, -0.2) is 0 Å². The van der Waals surface area contributed by atoms with E-state index >= 15 is 0 Å². The van der Waals surface area contributed by atoms with E-state index in [4.69, 9.17) is 0 Å². The fourth-order valence-corrected chi connectivity index (χ4v) is 1.32. The number of aliphatic hydroxyl groups is 1. The zero-order valence-corrected chi connectivity index (χ0v) is 8.46. The molecule has 4 nitrogen and oxygen atoms in total. The van der Waals surface area contributed by atoms with Crippen molar-refractivity contribution in [3.63, 3.8) is 0 Å². The molecule has 0 spiro atoms. The molecule has 80 valence electrons. The Balaban J connectivity index is 3.12. The Morgan fingerprint density at radius 1 is 1.53 bits per heavy atom. The molecule has 0 heterocycles. The molecule has 1 aromatic carbocycles. The van der Waals surface area contributed by atoms with Crippen molar-refractivity contribution in [3.8, 4) is 0 Å². The van der Waals surface area contributed by atoms with Crippen LogP contribution in [-0.4, -0.2) is 10.0 Å². The minimum Gasteiger partial charge on any atom is -0.388 e. The number of hydrogen-bond acceptors (Lipinski definition) is 3. The van der Waals surface area contributed by atoms with Crippen molar-refractivity contribution in [2.45, 2.75) is 13.0 Å². The maximum atomic E-state index is 10.7. The first kappa shape index (κ1) is 11.4. The number of hydrogen-bond donors (Lipinski definition) is 1. The summed E-state index contributed by atoms with van der Waals surface area (Å²) in [7, 11) is 0. The second kappa shape index (κ2) is 4.70. The van der Waals surface area contributed by atoms with Crippen LogP contribution in [0.2, 0.25) is 0 Å². The first-order chi connectivity index (χ1) is 7.07. The fraction of sp³-hybridized carbons (Fsp3) is 0.273. The molecule has 0 unspecified atom stereocenters. The van der Waals surface area contributed by atoms with Crippen LogP contribution in [0, 0.1) is 16.0 Å². The summed E-state index contributed by atoms with van der Waals surface area (Å²) in [6, 6.07) is 6.19. The van der Waals surface area contributed by atoms with Crippen LogP contribution in [-0.2, 0) is 0 Å². The van der Waals surface area contributed by atoms with Gasteiger partial charge >= 0.3 is 0 Å². The molecule has 1 aromatic rings. The van der Waals surface area contributed by atoms with Crippen molar-refractivity contribution < 1.29 is 10.0 Å². The average molecular weight is 207 g/mol. The van der Waals surface area contributed by atoms with Gasteiger partial charge in [0.2, 0.25) is 0 Å². The maximum Gasteiger partial charge on any atom is 0.275 e. The van der Waals surface area contributed by atoms with Crippen molar-refractivity contribution in [1.29, 1.82) is 0 Å². The number of para-hydroxylation sites is 1. The predicted molar refractivity (Wildman–Crippen MR) is 57.4 cm³/mol. The molecule has 1 N–H and O–H groups in total. The summed E-state index contributed by atoms with van der Waals surface area (Å²) in [4.78, 5) is 10.2. The van der Waals surface area contributed by atoms with Gasteiger partial charge in [-0.15, -0.1) is 6.58 Å². The van der Waals surface area contributed by atoms with Gasteiger partial charge in [-0.2, -0.15) is 0 Å². The number of nitro benzene ring substituents is 1. The molecule has 0 radical (unpaired) electrons. The third-order valence-corrected chi connectivity index (χ3v) is 2.32. The van der Waals surface area contributed by atoms with Gasteiger partial charge in [-0.1, -0.05) is 25.1 Å². The Hall–Kier alpha value is -1.68. The van der Waals surface area contributed by atoms with Crippen molar-refractivity contribution in [2.24, 2.45) is 5.92 Å². The molecule has 0 bridgehead atoms. The minimum absolute atomic E-state index is 0.0568. The summed E-state index contributed by atoms with van der Waals surface area (Å²) in [5.41, 5.74) is 0.272. The van der Waals surface area contributed by atoms with E-state index in [1.165, 1.54) is 6.07 Å². The van der Waals surface area contributed by atoms with E-state index in [9.17, 15) is 15.2 Å². The number of nitrogens with zero attached hydrogens (tertiary/aromatic N) is 1. The van der Waals surface area contributed by atoms with Crippen LogP contribution >= 0.6 is 0 Å². The number of aliphatic hydroxyl groups excluding tert-OH is 1. The molecule has 0 aliphatic heterocycles. The Morgan fingerprint density at radius 3 is 2.67 bits per heavy atom. The largest absolute Gasteiger partial charge is 0.388 e. The fourth-order valence-electron chi connectivity index (χ4n) is 1.32. The van der Waals surface area contributed by atoms with Crippen LogP contribution in [0.5, 0.6) is 0 Å². The SMILES string of the molecule is C=C[C@H](C)[C@@H](O)c1ccccc1[N+](=O)[O-]. The van der Waals surface area contributed by atoms with Crippen LogP contribution in [0.25, 0.3) is 0 Å². The highest BCUT2D eigenvalue weighted by Crippen LogP contribution is 2.29. The van der Waals surface area contributed by atoms with E-state index in [1.807, 2.05) is 0 Å². The highest BCUT2D eigenvalue weighted by atomic mass is 16.6. The Morgan fingerprint density at radius 2 is 2.13 bits per heavy atom. The van der Waals surface area contributed by atoms with Gasteiger partial charge in [-0.3, -0.25) is 10.1 Å². The quantitative estimate of drug-likeness (QED) is 0.468. The Bertz CT molecular complexity index is 376. The van der Waals surface area contributed by atoms with Crippen LogP contribution in [0.3, 0.4) is 0 Å². The summed E-state index contributed by atoms with van der Waals surface area (Å²) < 4.78 is 0. The van der Waals surface area contributed by atoms with Gasteiger partial charge < -0.3 is 5.11 Å². The maximum absolute atomic E-state index is 10.7. The van der Waals surface area contributed by atoms with Gasteiger partial charge in [0.1, 0.15) is 0 Å². The Kier molecular flexibility index (Phi) is 3.57. The molecular formula is C11H13NO3. The van der Waals surface area contributed by atoms with Crippen molar-refractivity contribution in [3.05, 3.63) is 52.6 Å². The first-order valence-corrected chi connectivity index (χ1v) is 4.62. The molecule has 2 atom stereocenters. The van der Waals surface area contributed by atoms with Crippen molar-refractivity contribution >= 4 is 5.69 Å². The van der Waals surface area contributed by atoms with Crippen molar-refractivity contribution in [1.82, 2.24) is 0 Å². The second-order valence-electron chi connectivity index (χ2n) is 3.36. The zero-order chi connectivity index (χ0) is 11.4. The normalized spacial score (nSPS) is 14.3. The molecule has 0 aliphatic carbocycles. The average Bonchev–Trinajstić information content (AvgIpc) is 2.27. The van der Waals surface area contributed by atoms with E-state index in [-0.39, 0.29) is 11.6 Å². The highest BCUT2D eigenvalue weighted by molar-refractivity contribution is 5.41. The molecular weight excluding hydrogens is 194 g/mol. The molecule has 1 rings (SSSR count). The lowest BCUT2D eigenvalue weighted by Crippen LogP contribution is -2.08. The second-order valence-corrected chi connectivity index (χ2v) is 3.36. The van der Waals surface area contributed by atoms with E-state index in [2.05, 4.69) is 6.58 Å². The third kappa shape index (κ3) is 2.41. The van der Waals surface area contributed by atoms with Crippen LogP contribution < -0.4 is 0 Å². The predicted octanol–water partition coefficient (Wildman–Crippen LogP) is 2.45. The van der Waals surface area contributed by atoms with E-state index in [0.717, 1.165) is 0 Å². The molecule has 15 heavy (non-hydrogen) atoms. The van der Waals surface area contributed by atoms with Gasteiger partial charge in [0.25, 0.3) is 5.69 Å². The van der Waals surface area contributed by atoms with Gasteiger partial charge in [0.15, 0.2) is 0 Å². The summed E-state index contributed by atoms with van der Waals surface area (Å²) in [6.45, 7) is 5.31. The number of rotatable bonds is 4. The molecule has 4 heteroatoms. The van der Waals surface area contributed by atoms with Crippen LogP contribution in [0.1, 0.15) is 18.6 Å². The lowest BCUT2D eigenvalue weighted by molar-refractivity contribution is -0.386. The minimum atomic E-state index is -0.885. The highest BCUT2D eigenvalue weighted by Gasteiger charge is 2.22. The molecule has 0 amide bonds. The molecule has 0 aliphatic rings. The van der Waals surface area contributed by atoms with Crippen LogP contribution in [0.15, 0.2) is 36.9 Å². The summed E-state index contributed by atoms with van der Waals surface area (Å²) in [5.74, 6) is -0.217. The summed E-state index contributed by atoms with van der Waals surface area (Å²) >= 11 is 0. The van der Waals surface area contributed by atoms with E-state index in [0.29, 0.717) is 5.56 Å². The zero-order valence-electron chi connectivity index (χ0n) is 8.46.